The van der Waals surface area contributed by atoms with Crippen molar-refractivity contribution in [3.05, 3.63) is 29.3 Å². The van der Waals surface area contributed by atoms with Crippen molar-refractivity contribution in [2.75, 3.05) is 20.2 Å². The largest absolute Gasteiger partial charge is 0.497 e. The third-order valence-electron chi connectivity index (χ3n) is 4.23. The second-order valence-electron chi connectivity index (χ2n) is 6.38. The van der Waals surface area contributed by atoms with Crippen molar-refractivity contribution < 1.29 is 9.53 Å². The number of hydrogen-bond donors (Lipinski definition) is 1. The molecule has 116 valence electrons. The van der Waals surface area contributed by atoms with Gasteiger partial charge < -0.3 is 10.1 Å². The van der Waals surface area contributed by atoms with Crippen LogP contribution in [-0.2, 0) is 17.8 Å². The lowest BCUT2D eigenvalue weighted by Gasteiger charge is -2.30. The Labute approximate surface area is 127 Å². The van der Waals surface area contributed by atoms with Crippen LogP contribution in [0.5, 0.6) is 5.75 Å². The lowest BCUT2D eigenvalue weighted by Crippen LogP contribution is -2.48. The predicted octanol–water partition coefficient (Wildman–Crippen LogP) is 2.36. The highest BCUT2D eigenvalue weighted by Gasteiger charge is 2.22. The van der Waals surface area contributed by atoms with E-state index in [1.165, 1.54) is 11.1 Å². The first-order chi connectivity index (χ1) is 9.93. The summed E-state index contributed by atoms with van der Waals surface area (Å²) in [7, 11) is 1.68. The fourth-order valence-electron chi connectivity index (χ4n) is 2.56. The predicted molar refractivity (Wildman–Crippen MR) is 84.5 cm³/mol. The molecule has 0 saturated heterocycles. The summed E-state index contributed by atoms with van der Waals surface area (Å²) >= 11 is 0. The van der Waals surface area contributed by atoms with Gasteiger partial charge in [-0.15, -0.1) is 0 Å². The van der Waals surface area contributed by atoms with Crippen molar-refractivity contribution in [1.29, 1.82) is 0 Å². The van der Waals surface area contributed by atoms with E-state index in [1.54, 1.807) is 7.11 Å². The van der Waals surface area contributed by atoms with Crippen LogP contribution in [0.15, 0.2) is 18.2 Å². The summed E-state index contributed by atoms with van der Waals surface area (Å²) in [6.45, 7) is 8.40. The third kappa shape index (κ3) is 4.21. The zero-order valence-electron chi connectivity index (χ0n) is 13.5. The van der Waals surface area contributed by atoms with Crippen LogP contribution in [0.2, 0.25) is 0 Å². The zero-order valence-corrected chi connectivity index (χ0v) is 13.5. The van der Waals surface area contributed by atoms with Gasteiger partial charge in [0.1, 0.15) is 5.75 Å². The summed E-state index contributed by atoms with van der Waals surface area (Å²) in [5.74, 6) is 0.986. The number of amides is 1. The second kappa shape index (κ2) is 6.48. The Morgan fingerprint density at radius 3 is 2.81 bits per heavy atom. The smallest absolute Gasteiger partial charge is 0.234 e. The van der Waals surface area contributed by atoms with Gasteiger partial charge in [0.2, 0.25) is 5.91 Å². The number of methoxy groups -OCH3 is 1. The molecule has 0 atom stereocenters. The van der Waals surface area contributed by atoms with Gasteiger partial charge in [0, 0.05) is 18.6 Å². The molecule has 1 aromatic carbocycles. The Balaban J connectivity index is 1.96. The normalized spacial score (nSPS) is 15.4. The third-order valence-corrected chi connectivity index (χ3v) is 4.23. The molecule has 1 N–H and O–H groups in total. The van der Waals surface area contributed by atoms with Crippen LogP contribution in [-0.4, -0.2) is 36.5 Å². The lowest BCUT2D eigenvalue weighted by atomic mass is 9.99. The number of carbonyl (C=O) groups is 1. The molecule has 0 bridgehead atoms. The number of hydrogen-bond acceptors (Lipinski definition) is 3. The average Bonchev–Trinajstić information content (AvgIpc) is 2.45. The average molecular weight is 290 g/mol. The lowest BCUT2D eigenvalue weighted by molar-refractivity contribution is -0.124. The van der Waals surface area contributed by atoms with Crippen LogP contribution < -0.4 is 10.1 Å². The van der Waals surface area contributed by atoms with E-state index >= 15 is 0 Å². The van der Waals surface area contributed by atoms with Crippen LogP contribution in [0.25, 0.3) is 0 Å². The summed E-state index contributed by atoms with van der Waals surface area (Å²) in [6.07, 6.45) is 1.92. The molecule has 1 aliphatic heterocycles. The highest BCUT2D eigenvalue weighted by Crippen LogP contribution is 2.23. The van der Waals surface area contributed by atoms with Crippen LogP contribution >= 0.6 is 0 Å². The molecule has 1 aliphatic rings. The van der Waals surface area contributed by atoms with Crippen molar-refractivity contribution in [2.24, 2.45) is 0 Å². The summed E-state index contributed by atoms with van der Waals surface area (Å²) in [5.41, 5.74) is 2.50. The van der Waals surface area contributed by atoms with Gasteiger partial charge in [0.15, 0.2) is 0 Å². The van der Waals surface area contributed by atoms with Gasteiger partial charge in [-0.1, -0.05) is 13.0 Å². The molecule has 0 spiro atoms. The van der Waals surface area contributed by atoms with Gasteiger partial charge >= 0.3 is 0 Å². The first-order valence-corrected chi connectivity index (χ1v) is 7.62. The Hall–Kier alpha value is -1.55. The van der Waals surface area contributed by atoms with Crippen LogP contribution in [0.1, 0.15) is 38.3 Å². The number of nitrogens with zero attached hydrogens (tertiary/aromatic N) is 1. The fraction of sp³-hybridized carbons (Fsp3) is 0.588. The molecule has 0 aromatic heterocycles. The molecule has 0 aliphatic carbocycles. The molecule has 0 saturated carbocycles. The number of fused-ring (bicyclic) bond motifs is 1. The molecule has 21 heavy (non-hydrogen) atoms. The molecule has 0 radical (unpaired) electrons. The van der Waals surface area contributed by atoms with Crippen molar-refractivity contribution in [3.63, 3.8) is 0 Å². The summed E-state index contributed by atoms with van der Waals surface area (Å²) in [4.78, 5) is 14.3. The van der Waals surface area contributed by atoms with Gasteiger partial charge in [-0.3, -0.25) is 9.69 Å². The zero-order chi connectivity index (χ0) is 15.5. The first-order valence-electron chi connectivity index (χ1n) is 7.62. The monoisotopic (exact) mass is 290 g/mol. The highest BCUT2D eigenvalue weighted by atomic mass is 16.5. The standard InChI is InChI=1S/C17H26N2O2/c1-5-17(2,3)18-16(20)12-19-9-8-13-6-7-15(21-4)10-14(13)11-19/h6-7,10H,5,8-9,11-12H2,1-4H3,(H,18,20). The maximum atomic E-state index is 12.1. The molecule has 1 heterocycles. The molecule has 1 aromatic rings. The second-order valence-corrected chi connectivity index (χ2v) is 6.38. The van der Waals surface area contributed by atoms with E-state index in [0.717, 1.165) is 31.7 Å². The Bertz CT molecular complexity index is 512. The number of nitrogens with one attached hydrogen (secondary N) is 1. The maximum absolute atomic E-state index is 12.1. The minimum Gasteiger partial charge on any atom is -0.497 e. The molecule has 4 heteroatoms. The quantitative estimate of drug-likeness (QED) is 0.905. The van der Waals surface area contributed by atoms with Crippen molar-refractivity contribution in [3.8, 4) is 5.75 Å². The Kier molecular flexibility index (Phi) is 4.88. The molecular weight excluding hydrogens is 264 g/mol. The minimum atomic E-state index is -0.131. The van der Waals surface area contributed by atoms with Crippen LogP contribution in [0.4, 0.5) is 0 Å². The molecule has 0 unspecified atom stereocenters. The number of ether oxygens (including phenoxy) is 1. The van der Waals surface area contributed by atoms with Gasteiger partial charge in [-0.05, 0) is 49.9 Å². The van der Waals surface area contributed by atoms with E-state index in [1.807, 2.05) is 6.07 Å². The van der Waals surface area contributed by atoms with E-state index in [2.05, 4.69) is 43.1 Å². The summed E-state index contributed by atoms with van der Waals surface area (Å²) in [6, 6.07) is 6.21. The van der Waals surface area contributed by atoms with Gasteiger partial charge in [0.25, 0.3) is 0 Å². The number of rotatable bonds is 5. The Morgan fingerprint density at radius 1 is 1.38 bits per heavy atom. The molecule has 0 fully saturated rings. The van der Waals surface area contributed by atoms with Crippen molar-refractivity contribution >= 4 is 5.91 Å². The van der Waals surface area contributed by atoms with E-state index in [0.29, 0.717) is 6.54 Å². The Morgan fingerprint density at radius 2 is 2.14 bits per heavy atom. The van der Waals surface area contributed by atoms with Gasteiger partial charge in [-0.25, -0.2) is 0 Å². The molecule has 2 rings (SSSR count). The first kappa shape index (κ1) is 15.8. The number of carbonyl (C=O) groups excluding carboxylic acids is 1. The van der Waals surface area contributed by atoms with Gasteiger partial charge in [-0.2, -0.15) is 0 Å². The van der Waals surface area contributed by atoms with E-state index in [-0.39, 0.29) is 11.4 Å². The van der Waals surface area contributed by atoms with E-state index in [9.17, 15) is 4.79 Å². The topological polar surface area (TPSA) is 41.6 Å². The minimum absolute atomic E-state index is 0.105. The van der Waals surface area contributed by atoms with Crippen molar-refractivity contribution in [2.45, 2.75) is 45.7 Å². The fourth-order valence-corrected chi connectivity index (χ4v) is 2.56. The molecule has 4 nitrogen and oxygen atoms in total. The SMILES string of the molecule is CCC(C)(C)NC(=O)CN1CCc2ccc(OC)cc2C1. The van der Waals surface area contributed by atoms with E-state index in [4.69, 9.17) is 4.74 Å². The summed E-state index contributed by atoms with van der Waals surface area (Å²) < 4.78 is 5.28. The van der Waals surface area contributed by atoms with Crippen molar-refractivity contribution in [1.82, 2.24) is 10.2 Å². The van der Waals surface area contributed by atoms with Gasteiger partial charge in [0.05, 0.1) is 13.7 Å². The number of benzene rings is 1. The maximum Gasteiger partial charge on any atom is 0.234 e. The molecule has 1 amide bonds. The van der Waals surface area contributed by atoms with E-state index < -0.39 is 0 Å². The van der Waals surface area contributed by atoms with Crippen LogP contribution in [0.3, 0.4) is 0 Å². The highest BCUT2D eigenvalue weighted by molar-refractivity contribution is 5.78. The molecular formula is C17H26N2O2. The van der Waals surface area contributed by atoms with Crippen LogP contribution in [0, 0.1) is 0 Å². The summed E-state index contributed by atoms with van der Waals surface area (Å²) in [5, 5.41) is 3.09.